The molecule has 0 aromatic carbocycles. The minimum atomic E-state index is 0. The summed E-state index contributed by atoms with van der Waals surface area (Å²) < 4.78 is 5.48. The summed E-state index contributed by atoms with van der Waals surface area (Å²) in [5.74, 6) is 0.836. The Morgan fingerprint density at radius 1 is 1.32 bits per heavy atom. The highest BCUT2D eigenvalue weighted by Crippen LogP contribution is 2.39. The van der Waals surface area contributed by atoms with E-state index in [4.69, 9.17) is 4.74 Å². The first-order valence-corrected chi connectivity index (χ1v) is 7.87. The first-order chi connectivity index (χ1) is 10.0. The molecular weight excluding hydrogens is 395 g/mol. The Bertz CT molecular complexity index is 395. The highest BCUT2D eigenvalue weighted by Gasteiger charge is 2.40. The number of rotatable bonds is 3. The molecule has 2 rings (SSSR count). The van der Waals surface area contributed by atoms with Crippen LogP contribution in [0.15, 0.2) is 4.99 Å². The van der Waals surface area contributed by atoms with E-state index < -0.39 is 0 Å². The van der Waals surface area contributed by atoms with Crippen molar-refractivity contribution in [2.75, 3.05) is 39.9 Å². The number of hydrogen-bond acceptors (Lipinski definition) is 3. The minimum absolute atomic E-state index is 0. The molecule has 128 valence electrons. The third kappa shape index (κ3) is 5.26. The van der Waals surface area contributed by atoms with Gasteiger partial charge in [0, 0.05) is 39.4 Å². The van der Waals surface area contributed by atoms with Crippen LogP contribution in [-0.2, 0) is 9.53 Å². The second-order valence-corrected chi connectivity index (χ2v) is 6.41. The largest absolute Gasteiger partial charge is 0.381 e. The molecule has 22 heavy (non-hydrogen) atoms. The first kappa shape index (κ1) is 19.5. The molecule has 0 radical (unpaired) electrons. The number of amides is 1. The zero-order valence-corrected chi connectivity index (χ0v) is 16.2. The van der Waals surface area contributed by atoms with Crippen LogP contribution in [0.4, 0.5) is 0 Å². The van der Waals surface area contributed by atoms with Gasteiger partial charge in [-0.1, -0.05) is 0 Å². The van der Waals surface area contributed by atoms with Crippen molar-refractivity contribution < 1.29 is 9.53 Å². The van der Waals surface area contributed by atoms with Gasteiger partial charge in [0.2, 0.25) is 5.91 Å². The molecule has 0 saturated carbocycles. The topological polar surface area (TPSA) is 66.0 Å². The van der Waals surface area contributed by atoms with Gasteiger partial charge < -0.3 is 20.3 Å². The number of guanidine groups is 1. The van der Waals surface area contributed by atoms with Crippen LogP contribution >= 0.6 is 24.0 Å². The molecule has 0 aromatic rings. The maximum atomic E-state index is 11.7. The summed E-state index contributed by atoms with van der Waals surface area (Å²) in [5.41, 5.74) is 0.385. The number of carbonyl (C=O) groups is 1. The summed E-state index contributed by atoms with van der Waals surface area (Å²) in [6.45, 7) is 7.96. The fraction of sp³-hybridized carbons (Fsp3) is 0.867. The maximum Gasteiger partial charge on any atom is 0.239 e. The van der Waals surface area contributed by atoms with E-state index in [1.165, 1.54) is 6.42 Å². The van der Waals surface area contributed by atoms with Crippen molar-refractivity contribution >= 4 is 35.8 Å². The third-order valence-electron chi connectivity index (χ3n) is 4.36. The molecule has 2 fully saturated rings. The lowest BCUT2D eigenvalue weighted by molar-refractivity contribution is -0.120. The van der Waals surface area contributed by atoms with Crippen molar-refractivity contribution in [3.05, 3.63) is 0 Å². The zero-order valence-electron chi connectivity index (χ0n) is 13.9. The lowest BCUT2D eigenvalue weighted by Crippen LogP contribution is -2.46. The quantitative estimate of drug-likeness (QED) is 0.406. The molecule has 1 spiro atoms. The van der Waals surface area contributed by atoms with Crippen molar-refractivity contribution in [1.29, 1.82) is 0 Å². The van der Waals surface area contributed by atoms with Crippen molar-refractivity contribution in [1.82, 2.24) is 15.5 Å². The van der Waals surface area contributed by atoms with Gasteiger partial charge in [-0.2, -0.15) is 0 Å². The Balaban J connectivity index is 0.00000242. The van der Waals surface area contributed by atoms with Crippen LogP contribution in [-0.4, -0.2) is 62.7 Å². The van der Waals surface area contributed by atoms with Gasteiger partial charge in [0.05, 0.1) is 6.54 Å². The zero-order chi connectivity index (χ0) is 15.3. The summed E-state index contributed by atoms with van der Waals surface area (Å²) in [4.78, 5) is 18.3. The second kappa shape index (κ2) is 8.90. The number of nitrogens with zero attached hydrogens (tertiary/aromatic N) is 2. The molecule has 1 amide bonds. The molecule has 0 aliphatic carbocycles. The van der Waals surface area contributed by atoms with E-state index in [1.54, 1.807) is 7.05 Å². The molecule has 6 nitrogen and oxygen atoms in total. The molecule has 2 N–H and O–H groups in total. The summed E-state index contributed by atoms with van der Waals surface area (Å²) in [6, 6.07) is 0.165. The summed E-state index contributed by atoms with van der Waals surface area (Å²) in [5, 5.41) is 6.05. The normalized spacial score (nSPS) is 20.9. The number of likely N-dealkylation sites (tertiary alicyclic amines) is 1. The van der Waals surface area contributed by atoms with Crippen molar-refractivity contribution in [3.8, 4) is 0 Å². The fourth-order valence-corrected chi connectivity index (χ4v) is 3.19. The maximum absolute atomic E-state index is 11.7. The average molecular weight is 424 g/mol. The average Bonchev–Trinajstić information content (AvgIpc) is 2.83. The molecule has 2 aliphatic rings. The Labute approximate surface area is 150 Å². The first-order valence-electron chi connectivity index (χ1n) is 7.87. The standard InChI is InChI=1S/C15H28N4O2.HI/c1-12(2)18-13(20)10-17-14(16-3)19-7-4-15(11-19)5-8-21-9-6-15;/h12H,4-11H2,1-3H3,(H,16,17)(H,18,20);1H. The van der Waals surface area contributed by atoms with Gasteiger partial charge in [0.15, 0.2) is 5.96 Å². The second-order valence-electron chi connectivity index (χ2n) is 6.41. The molecule has 0 unspecified atom stereocenters. The molecule has 0 bridgehead atoms. The highest BCUT2D eigenvalue weighted by molar-refractivity contribution is 14.0. The molecule has 2 aliphatic heterocycles. The van der Waals surface area contributed by atoms with Crippen LogP contribution in [0.2, 0.25) is 0 Å². The van der Waals surface area contributed by atoms with E-state index >= 15 is 0 Å². The highest BCUT2D eigenvalue weighted by atomic mass is 127. The van der Waals surface area contributed by atoms with Gasteiger partial charge in [-0.15, -0.1) is 24.0 Å². The fourth-order valence-electron chi connectivity index (χ4n) is 3.19. The predicted molar refractivity (Wildman–Crippen MR) is 98.7 cm³/mol. The Morgan fingerprint density at radius 2 is 2.00 bits per heavy atom. The Morgan fingerprint density at radius 3 is 2.59 bits per heavy atom. The van der Waals surface area contributed by atoms with Gasteiger partial charge in [-0.3, -0.25) is 9.79 Å². The number of ether oxygens (including phenoxy) is 1. The van der Waals surface area contributed by atoms with Crippen LogP contribution in [0, 0.1) is 5.41 Å². The van der Waals surface area contributed by atoms with Crippen LogP contribution in [0.25, 0.3) is 0 Å². The monoisotopic (exact) mass is 424 g/mol. The van der Waals surface area contributed by atoms with Gasteiger partial charge in [-0.25, -0.2) is 0 Å². The third-order valence-corrected chi connectivity index (χ3v) is 4.36. The van der Waals surface area contributed by atoms with Crippen LogP contribution in [0.3, 0.4) is 0 Å². The van der Waals surface area contributed by atoms with E-state index in [2.05, 4.69) is 20.5 Å². The molecule has 7 heteroatoms. The predicted octanol–water partition coefficient (Wildman–Crippen LogP) is 1.21. The minimum Gasteiger partial charge on any atom is -0.381 e. The van der Waals surface area contributed by atoms with Crippen molar-refractivity contribution in [2.45, 2.75) is 39.2 Å². The van der Waals surface area contributed by atoms with Crippen LogP contribution in [0.1, 0.15) is 33.1 Å². The van der Waals surface area contributed by atoms with E-state index in [-0.39, 0.29) is 42.5 Å². The molecule has 0 aromatic heterocycles. The van der Waals surface area contributed by atoms with Gasteiger partial charge in [-0.05, 0) is 38.5 Å². The number of halogens is 1. The van der Waals surface area contributed by atoms with E-state index in [1.807, 2.05) is 13.8 Å². The number of carbonyl (C=O) groups excluding carboxylic acids is 1. The van der Waals surface area contributed by atoms with Gasteiger partial charge >= 0.3 is 0 Å². The summed E-state index contributed by atoms with van der Waals surface area (Å²) >= 11 is 0. The smallest absolute Gasteiger partial charge is 0.239 e. The lowest BCUT2D eigenvalue weighted by atomic mass is 9.80. The van der Waals surface area contributed by atoms with Crippen LogP contribution < -0.4 is 10.6 Å². The number of hydrogen-bond donors (Lipinski definition) is 2. The van der Waals surface area contributed by atoms with Crippen LogP contribution in [0.5, 0.6) is 0 Å². The van der Waals surface area contributed by atoms with E-state index in [0.717, 1.165) is 45.1 Å². The lowest BCUT2D eigenvalue weighted by Gasteiger charge is -2.33. The molecule has 2 saturated heterocycles. The molecule has 0 atom stereocenters. The van der Waals surface area contributed by atoms with E-state index in [9.17, 15) is 4.79 Å². The van der Waals surface area contributed by atoms with Crippen molar-refractivity contribution in [2.24, 2.45) is 10.4 Å². The van der Waals surface area contributed by atoms with Crippen molar-refractivity contribution in [3.63, 3.8) is 0 Å². The SMILES string of the molecule is CN=C(NCC(=O)NC(C)C)N1CCC2(CCOCC2)C1.I. The summed E-state index contributed by atoms with van der Waals surface area (Å²) in [6.07, 6.45) is 3.46. The van der Waals surface area contributed by atoms with E-state index in [0.29, 0.717) is 5.41 Å². The van der Waals surface area contributed by atoms with Gasteiger partial charge in [0.25, 0.3) is 0 Å². The Hall–Kier alpha value is -0.570. The number of aliphatic imine (C=N–C) groups is 1. The Kier molecular flexibility index (Phi) is 7.88. The number of nitrogens with one attached hydrogen (secondary N) is 2. The molecular formula is C15H29IN4O2. The van der Waals surface area contributed by atoms with Gasteiger partial charge in [0.1, 0.15) is 0 Å². The molecule has 2 heterocycles. The summed E-state index contributed by atoms with van der Waals surface area (Å²) in [7, 11) is 1.78.